The molecule has 3 heterocycles. The van der Waals surface area contributed by atoms with E-state index in [1.807, 2.05) is 0 Å². The van der Waals surface area contributed by atoms with Crippen molar-refractivity contribution in [1.82, 2.24) is 19.2 Å². The summed E-state index contributed by atoms with van der Waals surface area (Å²) in [6.07, 6.45) is 3.30. The number of nitro groups is 1. The van der Waals surface area contributed by atoms with Crippen LogP contribution < -0.4 is 5.32 Å². The van der Waals surface area contributed by atoms with Gasteiger partial charge in [0.25, 0.3) is 4.96 Å². The minimum absolute atomic E-state index is 0.0172. The van der Waals surface area contributed by atoms with Gasteiger partial charge in [0, 0.05) is 38.6 Å². The molecule has 1 aliphatic heterocycles. The zero-order chi connectivity index (χ0) is 17.3. The van der Waals surface area contributed by atoms with Crippen LogP contribution in [0.4, 0.5) is 11.6 Å². The van der Waals surface area contributed by atoms with E-state index >= 15 is 0 Å². The van der Waals surface area contributed by atoms with Gasteiger partial charge in [-0.1, -0.05) is 11.3 Å². The molecule has 1 fully saturated rings. The Labute approximate surface area is 143 Å². The highest BCUT2D eigenvalue weighted by molar-refractivity contribution is 7.15. The molecular weight excluding hydrogens is 332 g/mol. The van der Waals surface area contributed by atoms with Crippen molar-refractivity contribution in [2.45, 2.75) is 18.9 Å². The summed E-state index contributed by atoms with van der Waals surface area (Å²) in [7, 11) is 3.50. The standard InChI is InChI=1S/C14H20N6O3S/c1-17(2)11(21)9-18-5-3-10(4-6-18)15-12-13(20(22)23)19-7-8-24-14(19)16-12/h7-8,10,15H,3-6,9H2,1-2H3. The Morgan fingerprint density at radius 2 is 2.21 bits per heavy atom. The SMILES string of the molecule is CN(C)C(=O)CN1CCC(Nc2nc3sccn3c2[N+](=O)[O-])CC1. The van der Waals surface area contributed by atoms with Crippen LogP contribution in [0, 0.1) is 10.1 Å². The predicted molar refractivity (Wildman–Crippen MR) is 91.5 cm³/mol. The Hall–Kier alpha value is -2.20. The van der Waals surface area contributed by atoms with Crippen LogP contribution in [0.5, 0.6) is 0 Å². The monoisotopic (exact) mass is 352 g/mol. The van der Waals surface area contributed by atoms with Gasteiger partial charge < -0.3 is 20.3 Å². The molecule has 10 heteroatoms. The fourth-order valence-corrected chi connectivity index (χ4v) is 3.52. The number of carbonyl (C=O) groups is 1. The maximum absolute atomic E-state index is 11.8. The van der Waals surface area contributed by atoms with Crippen molar-refractivity contribution < 1.29 is 9.72 Å². The molecule has 1 amide bonds. The molecule has 0 spiro atoms. The molecule has 3 rings (SSSR count). The fraction of sp³-hybridized carbons (Fsp3) is 0.571. The van der Waals surface area contributed by atoms with Crippen molar-refractivity contribution in [3.63, 3.8) is 0 Å². The van der Waals surface area contributed by atoms with E-state index < -0.39 is 4.92 Å². The lowest BCUT2D eigenvalue weighted by Gasteiger charge is -2.32. The summed E-state index contributed by atoms with van der Waals surface area (Å²) in [5.41, 5.74) is 0. The second kappa shape index (κ2) is 6.73. The smallest absolute Gasteiger partial charge is 0.360 e. The molecule has 2 aromatic heterocycles. The first-order chi connectivity index (χ1) is 11.5. The van der Waals surface area contributed by atoms with Crippen LogP contribution >= 0.6 is 11.3 Å². The van der Waals surface area contributed by atoms with E-state index in [9.17, 15) is 14.9 Å². The molecular formula is C14H20N6O3S. The average Bonchev–Trinajstić information content (AvgIpc) is 3.09. The van der Waals surface area contributed by atoms with Gasteiger partial charge in [-0.15, -0.1) is 0 Å². The number of carbonyl (C=O) groups excluding carboxylic acids is 1. The number of hydrogen-bond donors (Lipinski definition) is 1. The number of imidazole rings is 1. The lowest BCUT2D eigenvalue weighted by atomic mass is 10.1. The summed E-state index contributed by atoms with van der Waals surface area (Å²) < 4.78 is 1.50. The van der Waals surface area contributed by atoms with Crippen molar-refractivity contribution >= 4 is 33.8 Å². The number of piperidine rings is 1. The van der Waals surface area contributed by atoms with Crippen molar-refractivity contribution in [2.24, 2.45) is 0 Å². The molecule has 0 unspecified atom stereocenters. The Morgan fingerprint density at radius 1 is 1.50 bits per heavy atom. The molecule has 0 saturated carbocycles. The van der Waals surface area contributed by atoms with Crippen LogP contribution in [-0.2, 0) is 4.79 Å². The lowest BCUT2D eigenvalue weighted by Crippen LogP contribution is -2.44. The van der Waals surface area contributed by atoms with Crippen molar-refractivity contribution in [3.05, 3.63) is 21.7 Å². The molecule has 0 bridgehead atoms. The molecule has 0 atom stereocenters. The van der Waals surface area contributed by atoms with Crippen LogP contribution in [0.25, 0.3) is 4.96 Å². The second-order valence-electron chi connectivity index (χ2n) is 6.08. The summed E-state index contributed by atoms with van der Waals surface area (Å²) in [6, 6.07) is 0.124. The van der Waals surface area contributed by atoms with E-state index in [2.05, 4.69) is 15.2 Å². The van der Waals surface area contributed by atoms with E-state index in [1.54, 1.807) is 30.6 Å². The first kappa shape index (κ1) is 16.7. The minimum atomic E-state index is -0.403. The van der Waals surface area contributed by atoms with Gasteiger partial charge in [-0.25, -0.2) is 0 Å². The molecule has 1 aliphatic rings. The number of hydrogen-bond acceptors (Lipinski definition) is 7. The number of nitrogens with zero attached hydrogens (tertiary/aromatic N) is 5. The fourth-order valence-electron chi connectivity index (χ4n) is 2.81. The Bertz CT molecular complexity index is 747. The molecule has 1 saturated heterocycles. The molecule has 0 aromatic carbocycles. The molecule has 0 aliphatic carbocycles. The van der Waals surface area contributed by atoms with Crippen molar-refractivity contribution in [1.29, 1.82) is 0 Å². The molecule has 9 nitrogen and oxygen atoms in total. The number of likely N-dealkylation sites (tertiary alicyclic amines) is 1. The third-order valence-corrected chi connectivity index (χ3v) is 4.95. The first-order valence-electron chi connectivity index (χ1n) is 7.74. The molecule has 2 aromatic rings. The van der Waals surface area contributed by atoms with E-state index in [-0.39, 0.29) is 17.8 Å². The van der Waals surface area contributed by atoms with Crippen LogP contribution in [-0.4, -0.2) is 69.8 Å². The third kappa shape index (κ3) is 3.34. The highest BCUT2D eigenvalue weighted by Crippen LogP contribution is 2.29. The zero-order valence-electron chi connectivity index (χ0n) is 13.6. The van der Waals surface area contributed by atoms with Gasteiger partial charge in [0.05, 0.1) is 6.54 Å². The van der Waals surface area contributed by atoms with Crippen LogP contribution in [0.1, 0.15) is 12.8 Å². The maximum atomic E-state index is 11.8. The largest absolute Gasteiger partial charge is 0.372 e. The highest BCUT2D eigenvalue weighted by Gasteiger charge is 2.27. The number of aromatic nitrogens is 2. The number of amides is 1. The van der Waals surface area contributed by atoms with E-state index in [0.717, 1.165) is 25.9 Å². The van der Waals surface area contributed by atoms with E-state index in [0.29, 0.717) is 17.3 Å². The number of fused-ring (bicyclic) bond motifs is 1. The molecule has 0 radical (unpaired) electrons. The molecule has 130 valence electrons. The van der Waals surface area contributed by atoms with Gasteiger partial charge in [-0.2, -0.15) is 9.38 Å². The van der Waals surface area contributed by atoms with E-state index in [4.69, 9.17) is 0 Å². The van der Waals surface area contributed by atoms with Crippen LogP contribution in [0.3, 0.4) is 0 Å². The molecule has 1 N–H and O–H groups in total. The van der Waals surface area contributed by atoms with Crippen molar-refractivity contribution in [3.8, 4) is 0 Å². The van der Waals surface area contributed by atoms with Gasteiger partial charge in [0.2, 0.25) is 11.7 Å². The number of thiazole rings is 1. The topological polar surface area (TPSA) is 96.0 Å². The Balaban J connectivity index is 1.62. The summed E-state index contributed by atoms with van der Waals surface area (Å²) in [4.78, 5) is 31.3. The maximum Gasteiger partial charge on any atom is 0.372 e. The second-order valence-corrected chi connectivity index (χ2v) is 6.95. The average molecular weight is 352 g/mol. The van der Waals surface area contributed by atoms with Gasteiger partial charge >= 0.3 is 5.82 Å². The Morgan fingerprint density at radius 3 is 2.83 bits per heavy atom. The summed E-state index contributed by atoms with van der Waals surface area (Å²) in [5, 5.41) is 16.3. The lowest BCUT2D eigenvalue weighted by molar-refractivity contribution is -0.389. The third-order valence-electron chi connectivity index (χ3n) is 4.20. The Kier molecular flexibility index (Phi) is 4.67. The van der Waals surface area contributed by atoms with Crippen LogP contribution in [0.15, 0.2) is 11.6 Å². The molecule has 24 heavy (non-hydrogen) atoms. The number of rotatable bonds is 5. The summed E-state index contributed by atoms with van der Waals surface area (Å²) in [6.45, 7) is 1.99. The first-order valence-corrected chi connectivity index (χ1v) is 8.62. The summed E-state index contributed by atoms with van der Waals surface area (Å²) in [5.74, 6) is 0.400. The van der Waals surface area contributed by atoms with Crippen LogP contribution in [0.2, 0.25) is 0 Å². The number of anilines is 1. The van der Waals surface area contributed by atoms with E-state index in [1.165, 1.54) is 15.7 Å². The minimum Gasteiger partial charge on any atom is -0.360 e. The highest BCUT2D eigenvalue weighted by atomic mass is 32.1. The van der Waals surface area contributed by atoms with Gasteiger partial charge in [0.15, 0.2) is 0 Å². The van der Waals surface area contributed by atoms with Gasteiger partial charge in [-0.05, 0) is 17.8 Å². The number of likely N-dealkylation sites (N-methyl/N-ethyl adjacent to an activating group) is 1. The van der Waals surface area contributed by atoms with Gasteiger partial charge in [-0.3, -0.25) is 9.69 Å². The zero-order valence-corrected chi connectivity index (χ0v) is 14.5. The normalized spacial score (nSPS) is 16.4. The quantitative estimate of drug-likeness (QED) is 0.643. The van der Waals surface area contributed by atoms with Gasteiger partial charge in [0.1, 0.15) is 6.20 Å². The van der Waals surface area contributed by atoms with Crippen molar-refractivity contribution in [2.75, 3.05) is 39.0 Å². The number of nitrogens with one attached hydrogen (secondary N) is 1. The predicted octanol–water partition coefficient (Wildman–Crippen LogP) is 1.27. The summed E-state index contributed by atoms with van der Waals surface area (Å²) >= 11 is 1.37.